The van der Waals surface area contributed by atoms with Crippen LogP contribution in [-0.2, 0) is 0 Å². The molecule has 1 saturated carbocycles. The number of nitrogens with two attached hydrogens (primary N) is 1. The molecule has 2 nitrogen and oxygen atoms in total. The Morgan fingerprint density at radius 2 is 2.20 bits per heavy atom. The molecule has 1 aliphatic rings. The van der Waals surface area contributed by atoms with Crippen LogP contribution in [0.5, 0.6) is 0 Å². The maximum atomic E-state index is 5.62. The van der Waals surface area contributed by atoms with E-state index in [1.165, 1.54) is 19.3 Å². The molecule has 1 unspecified atom stereocenters. The Kier molecular flexibility index (Phi) is 2.32. The lowest BCUT2D eigenvalue weighted by Crippen LogP contribution is -2.51. The third kappa shape index (κ3) is 1.96. The van der Waals surface area contributed by atoms with Gasteiger partial charge < -0.3 is 11.1 Å². The summed E-state index contributed by atoms with van der Waals surface area (Å²) in [7, 11) is 0. The van der Waals surface area contributed by atoms with Gasteiger partial charge >= 0.3 is 0 Å². The maximum absolute atomic E-state index is 5.62. The quantitative estimate of drug-likeness (QED) is 0.613. The lowest BCUT2D eigenvalue weighted by Gasteiger charge is -2.40. The zero-order valence-electron chi connectivity index (χ0n) is 6.98. The topological polar surface area (TPSA) is 38.0 Å². The summed E-state index contributed by atoms with van der Waals surface area (Å²) < 4.78 is 0. The van der Waals surface area contributed by atoms with Gasteiger partial charge in [0.2, 0.25) is 0 Å². The molecule has 60 valence electrons. The van der Waals surface area contributed by atoms with Crippen molar-refractivity contribution in [1.82, 2.24) is 5.32 Å². The van der Waals surface area contributed by atoms with Crippen LogP contribution < -0.4 is 11.1 Å². The summed E-state index contributed by atoms with van der Waals surface area (Å²) in [5.41, 5.74) is 6.04. The zero-order valence-corrected chi connectivity index (χ0v) is 6.98. The molecule has 10 heavy (non-hydrogen) atoms. The van der Waals surface area contributed by atoms with Gasteiger partial charge in [-0.25, -0.2) is 0 Å². The molecule has 0 aliphatic heterocycles. The van der Waals surface area contributed by atoms with Crippen LogP contribution in [-0.4, -0.2) is 18.1 Å². The van der Waals surface area contributed by atoms with Gasteiger partial charge in [-0.1, -0.05) is 0 Å². The predicted molar refractivity (Wildman–Crippen MR) is 43.9 cm³/mol. The van der Waals surface area contributed by atoms with E-state index in [4.69, 9.17) is 5.73 Å². The first kappa shape index (κ1) is 8.02. The molecule has 0 heterocycles. The molecule has 0 aromatic carbocycles. The smallest absolute Gasteiger partial charge is 0.0154 e. The SMILES string of the molecule is CC(N)CNC1(C)CCC1. The molecule has 0 bridgehead atoms. The number of hydrogen-bond acceptors (Lipinski definition) is 2. The Labute approximate surface area is 63.2 Å². The van der Waals surface area contributed by atoms with Crippen LogP contribution in [0, 0.1) is 0 Å². The molecule has 0 radical (unpaired) electrons. The van der Waals surface area contributed by atoms with E-state index in [1.807, 2.05) is 6.92 Å². The fraction of sp³-hybridized carbons (Fsp3) is 1.00. The van der Waals surface area contributed by atoms with Crippen LogP contribution in [0.3, 0.4) is 0 Å². The van der Waals surface area contributed by atoms with Crippen molar-refractivity contribution in [2.75, 3.05) is 6.54 Å². The van der Waals surface area contributed by atoms with E-state index in [0.29, 0.717) is 5.54 Å². The first-order chi connectivity index (χ1) is 4.62. The average molecular weight is 142 g/mol. The molecule has 0 aromatic heterocycles. The molecular weight excluding hydrogens is 124 g/mol. The van der Waals surface area contributed by atoms with Crippen molar-refractivity contribution in [1.29, 1.82) is 0 Å². The molecule has 1 fully saturated rings. The normalized spacial score (nSPS) is 25.5. The van der Waals surface area contributed by atoms with Crippen LogP contribution in [0.15, 0.2) is 0 Å². The highest BCUT2D eigenvalue weighted by molar-refractivity contribution is 4.91. The highest BCUT2D eigenvalue weighted by atomic mass is 15.0. The minimum Gasteiger partial charge on any atom is -0.327 e. The van der Waals surface area contributed by atoms with E-state index in [-0.39, 0.29) is 6.04 Å². The molecule has 1 aliphatic carbocycles. The second-order valence-electron chi connectivity index (χ2n) is 3.77. The number of hydrogen-bond donors (Lipinski definition) is 2. The summed E-state index contributed by atoms with van der Waals surface area (Å²) in [5, 5.41) is 3.47. The highest BCUT2D eigenvalue weighted by Gasteiger charge is 2.30. The lowest BCUT2D eigenvalue weighted by atomic mass is 9.78. The van der Waals surface area contributed by atoms with Crippen molar-refractivity contribution in [2.24, 2.45) is 5.73 Å². The van der Waals surface area contributed by atoms with Crippen molar-refractivity contribution in [3.05, 3.63) is 0 Å². The van der Waals surface area contributed by atoms with E-state index in [0.717, 1.165) is 6.54 Å². The minimum absolute atomic E-state index is 0.289. The first-order valence-electron chi connectivity index (χ1n) is 4.13. The van der Waals surface area contributed by atoms with Gasteiger partial charge in [-0.2, -0.15) is 0 Å². The van der Waals surface area contributed by atoms with Gasteiger partial charge in [0.25, 0.3) is 0 Å². The Hall–Kier alpha value is -0.0800. The average Bonchev–Trinajstić information content (AvgIpc) is 1.79. The van der Waals surface area contributed by atoms with Crippen molar-refractivity contribution in [2.45, 2.75) is 44.7 Å². The van der Waals surface area contributed by atoms with Gasteiger partial charge in [-0.05, 0) is 33.1 Å². The van der Waals surface area contributed by atoms with E-state index in [9.17, 15) is 0 Å². The summed E-state index contributed by atoms with van der Waals surface area (Å²) in [6, 6.07) is 0.289. The second-order valence-corrected chi connectivity index (χ2v) is 3.77. The van der Waals surface area contributed by atoms with Crippen molar-refractivity contribution in [3.8, 4) is 0 Å². The molecule has 1 rings (SSSR count). The lowest BCUT2D eigenvalue weighted by molar-refractivity contribution is 0.206. The largest absolute Gasteiger partial charge is 0.327 e. The molecule has 0 spiro atoms. The summed E-state index contributed by atoms with van der Waals surface area (Å²) in [5.74, 6) is 0. The number of nitrogens with one attached hydrogen (secondary N) is 1. The third-order valence-electron chi connectivity index (χ3n) is 2.31. The minimum atomic E-state index is 0.289. The van der Waals surface area contributed by atoms with Gasteiger partial charge in [0.1, 0.15) is 0 Å². The van der Waals surface area contributed by atoms with Crippen LogP contribution in [0.1, 0.15) is 33.1 Å². The monoisotopic (exact) mass is 142 g/mol. The Morgan fingerprint density at radius 1 is 1.60 bits per heavy atom. The summed E-state index contributed by atoms with van der Waals surface area (Å²) >= 11 is 0. The zero-order chi connectivity index (χ0) is 7.61. The fourth-order valence-electron chi connectivity index (χ4n) is 1.29. The molecule has 3 N–H and O–H groups in total. The van der Waals surface area contributed by atoms with Gasteiger partial charge in [0.05, 0.1) is 0 Å². The molecular formula is C8H18N2. The Balaban J connectivity index is 2.12. The van der Waals surface area contributed by atoms with Crippen molar-refractivity contribution < 1.29 is 0 Å². The fourth-order valence-corrected chi connectivity index (χ4v) is 1.29. The molecule has 0 amide bonds. The Bertz CT molecular complexity index is 106. The van der Waals surface area contributed by atoms with Crippen LogP contribution >= 0.6 is 0 Å². The van der Waals surface area contributed by atoms with Gasteiger partial charge in [-0.15, -0.1) is 0 Å². The molecule has 2 heteroatoms. The summed E-state index contributed by atoms with van der Waals surface area (Å²) in [4.78, 5) is 0. The second kappa shape index (κ2) is 2.89. The highest BCUT2D eigenvalue weighted by Crippen LogP contribution is 2.30. The van der Waals surface area contributed by atoms with Crippen molar-refractivity contribution >= 4 is 0 Å². The summed E-state index contributed by atoms with van der Waals surface area (Å²) in [6.45, 7) is 5.27. The van der Waals surface area contributed by atoms with Crippen LogP contribution in [0.25, 0.3) is 0 Å². The van der Waals surface area contributed by atoms with Crippen LogP contribution in [0.2, 0.25) is 0 Å². The first-order valence-corrected chi connectivity index (χ1v) is 4.13. The molecule has 0 saturated heterocycles. The predicted octanol–water partition coefficient (Wildman–Crippen LogP) is 0.866. The maximum Gasteiger partial charge on any atom is 0.0154 e. The van der Waals surface area contributed by atoms with Gasteiger partial charge in [0, 0.05) is 18.1 Å². The Morgan fingerprint density at radius 3 is 2.50 bits per heavy atom. The summed E-state index contributed by atoms with van der Waals surface area (Å²) in [6.07, 6.45) is 4.02. The third-order valence-corrected chi connectivity index (χ3v) is 2.31. The molecule has 0 aromatic rings. The van der Waals surface area contributed by atoms with E-state index in [1.54, 1.807) is 0 Å². The van der Waals surface area contributed by atoms with Crippen LogP contribution in [0.4, 0.5) is 0 Å². The van der Waals surface area contributed by atoms with Crippen molar-refractivity contribution in [3.63, 3.8) is 0 Å². The van der Waals surface area contributed by atoms with Gasteiger partial charge in [-0.3, -0.25) is 0 Å². The van der Waals surface area contributed by atoms with E-state index >= 15 is 0 Å². The standard InChI is InChI=1S/C8H18N2/c1-7(9)6-10-8(2)4-3-5-8/h7,10H,3-6,9H2,1-2H3. The molecule has 1 atom stereocenters. The number of rotatable bonds is 3. The van der Waals surface area contributed by atoms with Gasteiger partial charge in [0.15, 0.2) is 0 Å². The van der Waals surface area contributed by atoms with E-state index < -0.39 is 0 Å². The van der Waals surface area contributed by atoms with E-state index in [2.05, 4.69) is 12.2 Å².